The summed E-state index contributed by atoms with van der Waals surface area (Å²) in [4.78, 5) is 44.9. The van der Waals surface area contributed by atoms with Gasteiger partial charge in [-0.25, -0.2) is 25.8 Å². The quantitative estimate of drug-likeness (QED) is 0.288. The van der Waals surface area contributed by atoms with Crippen LogP contribution in [0.25, 0.3) is 17.5 Å². The first-order valence-corrected chi connectivity index (χ1v) is 7.99. The van der Waals surface area contributed by atoms with Gasteiger partial charge in [-0.3, -0.25) is 15.0 Å². The number of hydrazine groups is 1. The van der Waals surface area contributed by atoms with Gasteiger partial charge in [-0.1, -0.05) is 6.08 Å². The van der Waals surface area contributed by atoms with Crippen LogP contribution in [0.5, 0.6) is 5.88 Å². The molecule has 1 aliphatic carbocycles. The van der Waals surface area contributed by atoms with Gasteiger partial charge in [0.15, 0.2) is 11.3 Å². The molecule has 4 rings (SSSR count). The summed E-state index contributed by atoms with van der Waals surface area (Å²) in [6.07, 6.45) is 6.46. The second-order valence-electron chi connectivity index (χ2n) is 5.99. The first-order chi connectivity index (χ1) is 12.6. The lowest BCUT2D eigenvalue weighted by atomic mass is 10.1. The van der Waals surface area contributed by atoms with Crippen LogP contribution < -0.4 is 26.7 Å². The molecule has 0 aromatic carbocycles. The van der Waals surface area contributed by atoms with Gasteiger partial charge >= 0.3 is 0 Å². The monoisotopic (exact) mass is 353 g/mol. The molecule has 2 amide bonds. The van der Waals surface area contributed by atoms with E-state index in [-0.39, 0.29) is 5.49 Å². The normalized spacial score (nSPS) is 18.4. The van der Waals surface area contributed by atoms with Crippen molar-refractivity contribution in [3.63, 3.8) is 0 Å². The Bertz CT molecular complexity index is 1030. The Morgan fingerprint density at radius 1 is 1.31 bits per heavy atom. The SMILES string of the molecule is COc1ncnc(C2CC2)c1-c1ncc2c(n1)=NC(=O)C(C(=O)NN)C=2. The Balaban J connectivity index is 1.86. The molecule has 0 spiro atoms. The largest absolute Gasteiger partial charge is 0.480 e. The molecule has 10 heteroatoms. The number of methoxy groups -OCH3 is 1. The van der Waals surface area contributed by atoms with Crippen LogP contribution in [0.1, 0.15) is 24.5 Å². The van der Waals surface area contributed by atoms with Crippen molar-refractivity contribution < 1.29 is 14.3 Å². The molecule has 0 radical (unpaired) electrons. The van der Waals surface area contributed by atoms with Crippen molar-refractivity contribution in [3.8, 4) is 17.3 Å². The van der Waals surface area contributed by atoms with Gasteiger partial charge in [-0.2, -0.15) is 4.99 Å². The zero-order valence-electron chi connectivity index (χ0n) is 13.8. The number of hydrogen-bond donors (Lipinski definition) is 2. The third kappa shape index (κ3) is 2.69. The number of aromatic nitrogens is 4. The maximum absolute atomic E-state index is 12.1. The van der Waals surface area contributed by atoms with E-state index < -0.39 is 17.7 Å². The van der Waals surface area contributed by atoms with Crippen molar-refractivity contribution in [2.75, 3.05) is 7.11 Å². The Kier molecular flexibility index (Phi) is 3.88. The Morgan fingerprint density at radius 2 is 2.12 bits per heavy atom. The van der Waals surface area contributed by atoms with Gasteiger partial charge in [0.2, 0.25) is 11.8 Å². The van der Waals surface area contributed by atoms with E-state index in [1.165, 1.54) is 25.7 Å². The highest BCUT2D eigenvalue weighted by Crippen LogP contribution is 2.44. The average Bonchev–Trinajstić information content (AvgIpc) is 3.51. The molecule has 1 aliphatic heterocycles. The number of carbonyl (C=O) groups excluding carboxylic acids is 2. The van der Waals surface area contributed by atoms with Crippen molar-refractivity contribution in [1.82, 2.24) is 25.4 Å². The standard InChI is InChI=1S/C16H15N7O3/c1-26-16-10(11(7-2-3-7)19-6-20-16)13-18-5-8-4-9(15(25)23-17)14(24)22-12(8)21-13/h4-7,9H,2-3,17H2,1H3,(H,23,25). The Labute approximate surface area is 147 Å². The van der Waals surface area contributed by atoms with E-state index in [0.29, 0.717) is 28.4 Å². The highest BCUT2D eigenvalue weighted by Gasteiger charge is 2.32. The molecule has 132 valence electrons. The number of fused-ring (bicyclic) bond motifs is 1. The lowest BCUT2D eigenvalue weighted by molar-refractivity contribution is -0.131. The van der Waals surface area contributed by atoms with Crippen LogP contribution in [0.4, 0.5) is 0 Å². The summed E-state index contributed by atoms with van der Waals surface area (Å²) < 4.78 is 5.34. The number of nitrogens with zero attached hydrogens (tertiary/aromatic N) is 5. The van der Waals surface area contributed by atoms with E-state index in [1.54, 1.807) is 0 Å². The van der Waals surface area contributed by atoms with E-state index in [2.05, 4.69) is 24.9 Å². The smallest absolute Gasteiger partial charge is 0.264 e. The molecule has 1 saturated carbocycles. The Morgan fingerprint density at radius 3 is 2.81 bits per heavy atom. The van der Waals surface area contributed by atoms with Crippen LogP contribution >= 0.6 is 0 Å². The molecule has 3 heterocycles. The third-order valence-corrected chi connectivity index (χ3v) is 4.27. The van der Waals surface area contributed by atoms with Gasteiger partial charge in [0, 0.05) is 17.3 Å². The molecule has 2 aliphatic rings. The average molecular weight is 353 g/mol. The van der Waals surface area contributed by atoms with Gasteiger partial charge in [-0.15, -0.1) is 0 Å². The fourth-order valence-corrected chi connectivity index (χ4v) is 2.83. The van der Waals surface area contributed by atoms with Gasteiger partial charge in [0.05, 0.1) is 12.8 Å². The highest BCUT2D eigenvalue weighted by atomic mass is 16.5. The van der Waals surface area contributed by atoms with E-state index >= 15 is 0 Å². The molecule has 3 N–H and O–H groups in total. The lowest BCUT2D eigenvalue weighted by Crippen LogP contribution is -2.44. The number of carbonyl (C=O) groups is 2. The van der Waals surface area contributed by atoms with Crippen LogP contribution in [0, 0.1) is 5.92 Å². The molecule has 1 fully saturated rings. The summed E-state index contributed by atoms with van der Waals surface area (Å²) in [6.45, 7) is 0. The predicted molar refractivity (Wildman–Crippen MR) is 87.7 cm³/mol. The van der Waals surface area contributed by atoms with Crippen molar-refractivity contribution in [2.45, 2.75) is 18.8 Å². The topological polar surface area (TPSA) is 145 Å². The van der Waals surface area contributed by atoms with Crippen molar-refractivity contribution in [3.05, 3.63) is 28.9 Å². The van der Waals surface area contributed by atoms with Crippen molar-refractivity contribution >= 4 is 17.9 Å². The predicted octanol–water partition coefficient (Wildman–Crippen LogP) is -1.63. The van der Waals surface area contributed by atoms with Gasteiger partial charge in [-0.05, 0) is 12.8 Å². The van der Waals surface area contributed by atoms with Crippen LogP contribution in [0.2, 0.25) is 0 Å². The minimum atomic E-state index is -1.08. The molecule has 1 unspecified atom stereocenters. The Hall–Kier alpha value is -3.27. The fourth-order valence-electron chi connectivity index (χ4n) is 2.83. The molecule has 1 atom stereocenters. The van der Waals surface area contributed by atoms with E-state index in [9.17, 15) is 9.59 Å². The number of amides is 2. The van der Waals surface area contributed by atoms with E-state index in [0.717, 1.165) is 18.5 Å². The lowest BCUT2D eigenvalue weighted by Gasteiger charge is -2.12. The van der Waals surface area contributed by atoms with Crippen LogP contribution in [0.3, 0.4) is 0 Å². The number of rotatable bonds is 4. The maximum Gasteiger partial charge on any atom is 0.264 e. The van der Waals surface area contributed by atoms with Crippen LogP contribution in [-0.2, 0) is 9.59 Å². The maximum atomic E-state index is 12.1. The first kappa shape index (κ1) is 16.2. The fraction of sp³-hybridized carbons (Fsp3) is 0.312. The number of nitrogens with one attached hydrogen (secondary N) is 1. The molecule has 2 aromatic heterocycles. The minimum absolute atomic E-state index is 0.189. The summed E-state index contributed by atoms with van der Waals surface area (Å²) in [5, 5.41) is 0.478. The molecule has 0 bridgehead atoms. The summed E-state index contributed by atoms with van der Waals surface area (Å²) in [5.41, 5.74) is 3.56. The second-order valence-corrected chi connectivity index (χ2v) is 5.99. The van der Waals surface area contributed by atoms with E-state index in [4.69, 9.17) is 10.6 Å². The molecule has 2 aromatic rings. The number of hydrogen-bond acceptors (Lipinski definition) is 8. The van der Waals surface area contributed by atoms with Gasteiger partial charge < -0.3 is 4.74 Å². The zero-order valence-corrected chi connectivity index (χ0v) is 13.8. The number of ether oxygens (including phenoxy) is 1. The first-order valence-electron chi connectivity index (χ1n) is 7.99. The number of nitrogens with two attached hydrogens (primary N) is 1. The summed E-state index contributed by atoms with van der Waals surface area (Å²) in [5.74, 6) is 3.76. The van der Waals surface area contributed by atoms with Gasteiger partial charge in [0.25, 0.3) is 5.91 Å². The molecule has 10 nitrogen and oxygen atoms in total. The van der Waals surface area contributed by atoms with Gasteiger partial charge in [0.1, 0.15) is 17.8 Å². The minimum Gasteiger partial charge on any atom is -0.480 e. The summed E-state index contributed by atoms with van der Waals surface area (Å²) in [6, 6.07) is 0. The summed E-state index contributed by atoms with van der Waals surface area (Å²) in [7, 11) is 1.51. The van der Waals surface area contributed by atoms with E-state index in [1.807, 2.05) is 5.43 Å². The highest BCUT2D eigenvalue weighted by molar-refractivity contribution is 6.06. The molecular weight excluding hydrogens is 338 g/mol. The second kappa shape index (κ2) is 6.23. The molecular formula is C16H15N7O3. The zero-order chi connectivity index (χ0) is 18.3. The van der Waals surface area contributed by atoms with Crippen LogP contribution in [-0.4, -0.2) is 38.9 Å². The van der Waals surface area contributed by atoms with Crippen molar-refractivity contribution in [2.24, 2.45) is 16.8 Å². The van der Waals surface area contributed by atoms with Crippen LogP contribution in [0.15, 0.2) is 17.5 Å². The van der Waals surface area contributed by atoms with Crippen molar-refractivity contribution in [1.29, 1.82) is 0 Å². The molecule has 26 heavy (non-hydrogen) atoms. The summed E-state index contributed by atoms with van der Waals surface area (Å²) >= 11 is 0. The third-order valence-electron chi connectivity index (χ3n) is 4.27. The molecule has 0 saturated heterocycles.